The van der Waals surface area contributed by atoms with E-state index in [1.54, 1.807) is 0 Å². The van der Waals surface area contributed by atoms with Crippen molar-refractivity contribution < 1.29 is 9.90 Å². The van der Waals surface area contributed by atoms with Crippen molar-refractivity contribution in [1.29, 1.82) is 0 Å². The van der Waals surface area contributed by atoms with Crippen molar-refractivity contribution >= 4 is 11.6 Å². The van der Waals surface area contributed by atoms with E-state index >= 15 is 0 Å². The fraction of sp³-hybridized carbons (Fsp3) is 0.400. The average molecular weight is 245 g/mol. The summed E-state index contributed by atoms with van der Waals surface area (Å²) in [6.45, 7) is 3.83. The number of aryl methyl sites for hydroxylation is 1. The summed E-state index contributed by atoms with van der Waals surface area (Å²) >= 11 is 0. The number of hydrogen-bond donors (Lipinski definition) is 2. The molecular formula is C15H19NO2. The predicted molar refractivity (Wildman–Crippen MR) is 73.3 cm³/mol. The minimum Gasteiger partial charge on any atom is -0.384 e. The summed E-state index contributed by atoms with van der Waals surface area (Å²) < 4.78 is 0. The summed E-state index contributed by atoms with van der Waals surface area (Å²) in [5, 5.41) is 11.6. The lowest BCUT2D eigenvalue weighted by atomic mass is 10.1. The Balaban J connectivity index is 2.85. The van der Waals surface area contributed by atoms with Crippen LogP contribution in [0.5, 0.6) is 0 Å². The van der Waals surface area contributed by atoms with Crippen LogP contribution < -0.4 is 5.32 Å². The third-order valence-corrected chi connectivity index (χ3v) is 2.51. The van der Waals surface area contributed by atoms with Gasteiger partial charge in [0.2, 0.25) is 5.91 Å². The van der Waals surface area contributed by atoms with E-state index < -0.39 is 0 Å². The van der Waals surface area contributed by atoms with Gasteiger partial charge in [-0.1, -0.05) is 31.3 Å². The molecule has 0 bridgehead atoms. The maximum atomic E-state index is 11.7. The molecule has 0 fully saturated rings. The van der Waals surface area contributed by atoms with Gasteiger partial charge in [-0.3, -0.25) is 4.79 Å². The molecular weight excluding hydrogens is 226 g/mol. The van der Waals surface area contributed by atoms with E-state index in [9.17, 15) is 4.79 Å². The van der Waals surface area contributed by atoms with Gasteiger partial charge in [0, 0.05) is 12.0 Å². The quantitative estimate of drug-likeness (QED) is 0.801. The van der Waals surface area contributed by atoms with Crippen molar-refractivity contribution in [1.82, 2.24) is 0 Å². The van der Waals surface area contributed by atoms with E-state index in [4.69, 9.17) is 5.11 Å². The van der Waals surface area contributed by atoms with E-state index in [0.29, 0.717) is 6.42 Å². The fourth-order valence-electron chi connectivity index (χ4n) is 1.56. The molecule has 0 saturated heterocycles. The third-order valence-electron chi connectivity index (χ3n) is 2.51. The van der Waals surface area contributed by atoms with Gasteiger partial charge >= 0.3 is 0 Å². The van der Waals surface area contributed by atoms with Crippen LogP contribution in [0.2, 0.25) is 0 Å². The number of aliphatic hydroxyl groups excluding tert-OH is 1. The highest BCUT2D eigenvalue weighted by Crippen LogP contribution is 2.17. The number of aliphatic hydroxyl groups is 1. The van der Waals surface area contributed by atoms with Crippen molar-refractivity contribution in [2.24, 2.45) is 0 Å². The summed E-state index contributed by atoms with van der Waals surface area (Å²) in [6.07, 6.45) is 2.41. The fourth-order valence-corrected chi connectivity index (χ4v) is 1.56. The summed E-state index contributed by atoms with van der Waals surface area (Å²) in [5.41, 5.74) is 2.52. The van der Waals surface area contributed by atoms with E-state index in [0.717, 1.165) is 29.7 Å². The molecule has 0 aliphatic carbocycles. The Morgan fingerprint density at radius 3 is 2.89 bits per heavy atom. The molecule has 0 aliphatic rings. The van der Waals surface area contributed by atoms with Gasteiger partial charge in [-0.2, -0.15) is 0 Å². The van der Waals surface area contributed by atoms with Crippen LogP contribution in [0.25, 0.3) is 0 Å². The molecule has 0 aliphatic heterocycles. The third kappa shape index (κ3) is 4.60. The molecule has 2 N–H and O–H groups in total. The van der Waals surface area contributed by atoms with Gasteiger partial charge in [0.15, 0.2) is 0 Å². The van der Waals surface area contributed by atoms with Crippen LogP contribution in [0.1, 0.15) is 37.3 Å². The zero-order valence-electron chi connectivity index (χ0n) is 10.9. The number of amides is 1. The van der Waals surface area contributed by atoms with Crippen LogP contribution in [0.4, 0.5) is 5.69 Å². The molecule has 0 aromatic heterocycles. The standard InChI is InChI=1S/C15H19NO2/c1-3-4-7-15(18)16-14-11-12(2)8-9-13(14)6-5-10-17/h8-9,11,17H,3-4,7,10H2,1-2H3,(H,16,18). The molecule has 1 aromatic rings. The maximum Gasteiger partial charge on any atom is 0.224 e. The zero-order valence-corrected chi connectivity index (χ0v) is 10.9. The number of carbonyl (C=O) groups is 1. The Morgan fingerprint density at radius 2 is 2.22 bits per heavy atom. The summed E-state index contributed by atoms with van der Waals surface area (Å²) in [5.74, 6) is 5.44. The predicted octanol–water partition coefficient (Wildman–Crippen LogP) is 2.47. The van der Waals surface area contributed by atoms with E-state index in [2.05, 4.69) is 24.1 Å². The molecule has 3 nitrogen and oxygen atoms in total. The van der Waals surface area contributed by atoms with Crippen molar-refractivity contribution in [3.8, 4) is 11.8 Å². The number of nitrogens with one attached hydrogen (secondary N) is 1. The second-order valence-electron chi connectivity index (χ2n) is 4.16. The topological polar surface area (TPSA) is 49.3 Å². The van der Waals surface area contributed by atoms with Crippen LogP contribution in [0.15, 0.2) is 18.2 Å². The number of benzene rings is 1. The zero-order chi connectivity index (χ0) is 13.4. The molecule has 0 atom stereocenters. The highest BCUT2D eigenvalue weighted by atomic mass is 16.2. The molecule has 1 amide bonds. The Hall–Kier alpha value is -1.79. The Kier molecular flexibility index (Phi) is 5.96. The largest absolute Gasteiger partial charge is 0.384 e. The van der Waals surface area contributed by atoms with Crippen LogP contribution in [0.3, 0.4) is 0 Å². The number of carbonyl (C=O) groups excluding carboxylic acids is 1. The van der Waals surface area contributed by atoms with Crippen molar-refractivity contribution in [2.75, 3.05) is 11.9 Å². The smallest absolute Gasteiger partial charge is 0.224 e. The average Bonchev–Trinajstić information content (AvgIpc) is 2.35. The van der Waals surface area contributed by atoms with Gasteiger partial charge in [0.1, 0.15) is 6.61 Å². The van der Waals surface area contributed by atoms with Gasteiger partial charge in [-0.25, -0.2) is 0 Å². The lowest BCUT2D eigenvalue weighted by Gasteiger charge is -2.08. The van der Waals surface area contributed by atoms with Crippen molar-refractivity contribution in [2.45, 2.75) is 33.1 Å². The van der Waals surface area contributed by atoms with E-state index in [1.165, 1.54) is 0 Å². The number of rotatable bonds is 4. The van der Waals surface area contributed by atoms with Crippen LogP contribution in [-0.2, 0) is 4.79 Å². The number of anilines is 1. The first-order chi connectivity index (χ1) is 8.67. The van der Waals surface area contributed by atoms with Gasteiger partial charge in [0.25, 0.3) is 0 Å². The molecule has 18 heavy (non-hydrogen) atoms. The SMILES string of the molecule is CCCCC(=O)Nc1cc(C)ccc1C#CCO. The normalized spacial score (nSPS) is 9.50. The minimum absolute atomic E-state index is 0.00879. The van der Waals surface area contributed by atoms with E-state index in [1.807, 2.05) is 25.1 Å². The lowest BCUT2D eigenvalue weighted by Crippen LogP contribution is -2.12. The maximum absolute atomic E-state index is 11.7. The molecule has 96 valence electrons. The lowest BCUT2D eigenvalue weighted by molar-refractivity contribution is -0.116. The highest BCUT2D eigenvalue weighted by Gasteiger charge is 2.05. The molecule has 0 radical (unpaired) electrons. The molecule has 3 heteroatoms. The summed E-state index contributed by atoms with van der Waals surface area (Å²) in [6, 6.07) is 5.68. The van der Waals surface area contributed by atoms with Crippen LogP contribution >= 0.6 is 0 Å². The van der Waals surface area contributed by atoms with Crippen molar-refractivity contribution in [3.05, 3.63) is 29.3 Å². The first kappa shape index (κ1) is 14.3. The molecule has 0 saturated carbocycles. The van der Waals surface area contributed by atoms with Gasteiger partial charge < -0.3 is 10.4 Å². The van der Waals surface area contributed by atoms with Gasteiger partial charge in [-0.15, -0.1) is 0 Å². The molecule has 0 unspecified atom stereocenters. The monoisotopic (exact) mass is 245 g/mol. The highest BCUT2D eigenvalue weighted by molar-refractivity contribution is 5.92. The Labute approximate surface area is 108 Å². The molecule has 0 spiro atoms. The number of unbranched alkanes of at least 4 members (excludes halogenated alkanes) is 1. The molecule has 0 heterocycles. The summed E-state index contributed by atoms with van der Waals surface area (Å²) in [4.78, 5) is 11.7. The van der Waals surface area contributed by atoms with Crippen molar-refractivity contribution in [3.63, 3.8) is 0 Å². The Morgan fingerprint density at radius 1 is 1.44 bits per heavy atom. The number of hydrogen-bond acceptors (Lipinski definition) is 2. The summed E-state index contributed by atoms with van der Waals surface area (Å²) in [7, 11) is 0. The minimum atomic E-state index is -0.183. The van der Waals surface area contributed by atoms with Gasteiger partial charge in [0.05, 0.1) is 5.69 Å². The van der Waals surface area contributed by atoms with Crippen LogP contribution in [0, 0.1) is 18.8 Å². The van der Waals surface area contributed by atoms with Crippen LogP contribution in [-0.4, -0.2) is 17.6 Å². The van der Waals surface area contributed by atoms with E-state index in [-0.39, 0.29) is 12.5 Å². The second kappa shape index (κ2) is 7.52. The first-order valence-electron chi connectivity index (χ1n) is 6.17. The molecule has 1 aromatic carbocycles. The second-order valence-corrected chi connectivity index (χ2v) is 4.16. The molecule has 1 rings (SSSR count). The van der Waals surface area contributed by atoms with Gasteiger partial charge in [-0.05, 0) is 31.0 Å². The Bertz CT molecular complexity index is 469. The first-order valence-corrected chi connectivity index (χ1v) is 6.17.